The van der Waals surface area contributed by atoms with Crippen molar-refractivity contribution in [1.82, 2.24) is 14.9 Å². The predicted molar refractivity (Wildman–Crippen MR) is 111 cm³/mol. The number of nitrogens with one attached hydrogen (secondary N) is 1. The number of rotatable bonds is 6. The van der Waals surface area contributed by atoms with Crippen molar-refractivity contribution in [2.75, 3.05) is 18.4 Å². The zero-order valence-electron chi connectivity index (χ0n) is 15.2. The standard InChI is InChI=1S/C20H18Cl2N4O2/c1-2-9-26(12-19(27)25-15-8-7-13(21)10-14(15)22)20(28)18-11-23-16-5-3-4-6-17(16)24-18/h3-8,10-11H,2,9,12H2,1H3,(H,25,27). The first-order chi connectivity index (χ1) is 13.5. The average Bonchev–Trinajstić information content (AvgIpc) is 2.69. The minimum Gasteiger partial charge on any atom is -0.328 e. The lowest BCUT2D eigenvalue weighted by atomic mass is 10.2. The summed E-state index contributed by atoms with van der Waals surface area (Å²) in [6.07, 6.45) is 2.13. The number of carbonyl (C=O) groups excluding carboxylic acids is 2. The van der Waals surface area contributed by atoms with Gasteiger partial charge in [-0.25, -0.2) is 4.98 Å². The maximum atomic E-state index is 12.9. The summed E-state index contributed by atoms with van der Waals surface area (Å²) in [6, 6.07) is 12.1. The maximum absolute atomic E-state index is 12.9. The first kappa shape index (κ1) is 20.0. The Morgan fingerprint density at radius 2 is 1.86 bits per heavy atom. The van der Waals surface area contributed by atoms with E-state index in [4.69, 9.17) is 23.2 Å². The van der Waals surface area contributed by atoms with Crippen LogP contribution in [0.25, 0.3) is 11.0 Å². The second kappa shape index (κ2) is 8.99. The maximum Gasteiger partial charge on any atom is 0.274 e. The number of para-hydroxylation sites is 2. The quantitative estimate of drug-likeness (QED) is 0.644. The van der Waals surface area contributed by atoms with Crippen molar-refractivity contribution in [3.8, 4) is 0 Å². The molecule has 6 nitrogen and oxygen atoms in total. The van der Waals surface area contributed by atoms with E-state index in [9.17, 15) is 9.59 Å². The largest absolute Gasteiger partial charge is 0.328 e. The van der Waals surface area contributed by atoms with E-state index in [1.54, 1.807) is 24.3 Å². The van der Waals surface area contributed by atoms with Crippen LogP contribution in [-0.2, 0) is 4.79 Å². The Labute approximate surface area is 172 Å². The molecule has 0 aliphatic carbocycles. The topological polar surface area (TPSA) is 75.2 Å². The summed E-state index contributed by atoms with van der Waals surface area (Å²) in [5, 5.41) is 3.50. The lowest BCUT2D eigenvalue weighted by Gasteiger charge is -2.21. The van der Waals surface area contributed by atoms with Crippen LogP contribution in [0, 0.1) is 0 Å². The van der Waals surface area contributed by atoms with Gasteiger partial charge in [-0.3, -0.25) is 14.6 Å². The zero-order chi connectivity index (χ0) is 20.1. The van der Waals surface area contributed by atoms with E-state index >= 15 is 0 Å². The van der Waals surface area contributed by atoms with E-state index in [1.165, 1.54) is 11.1 Å². The molecule has 0 aliphatic rings. The normalized spacial score (nSPS) is 10.7. The van der Waals surface area contributed by atoms with Crippen LogP contribution >= 0.6 is 23.2 Å². The average molecular weight is 417 g/mol. The number of carbonyl (C=O) groups is 2. The highest BCUT2D eigenvalue weighted by molar-refractivity contribution is 6.36. The number of fused-ring (bicyclic) bond motifs is 1. The van der Waals surface area contributed by atoms with Crippen molar-refractivity contribution in [2.45, 2.75) is 13.3 Å². The van der Waals surface area contributed by atoms with E-state index < -0.39 is 0 Å². The van der Waals surface area contributed by atoms with Crippen molar-refractivity contribution >= 4 is 51.7 Å². The molecule has 1 N–H and O–H groups in total. The Bertz CT molecular complexity index is 1030. The molecule has 2 aromatic carbocycles. The van der Waals surface area contributed by atoms with Crippen LogP contribution in [0.1, 0.15) is 23.8 Å². The lowest BCUT2D eigenvalue weighted by Crippen LogP contribution is -2.39. The summed E-state index contributed by atoms with van der Waals surface area (Å²) in [4.78, 5) is 35.4. The summed E-state index contributed by atoms with van der Waals surface area (Å²) >= 11 is 12.0. The van der Waals surface area contributed by atoms with Crippen LogP contribution in [0.3, 0.4) is 0 Å². The van der Waals surface area contributed by atoms with E-state index in [1.807, 2.05) is 25.1 Å². The van der Waals surface area contributed by atoms with Gasteiger partial charge in [0, 0.05) is 11.6 Å². The highest BCUT2D eigenvalue weighted by atomic mass is 35.5. The number of nitrogens with zero attached hydrogens (tertiary/aromatic N) is 3. The van der Waals surface area contributed by atoms with Crippen molar-refractivity contribution in [1.29, 1.82) is 0 Å². The van der Waals surface area contributed by atoms with Crippen molar-refractivity contribution < 1.29 is 9.59 Å². The van der Waals surface area contributed by atoms with Crippen LogP contribution < -0.4 is 5.32 Å². The van der Waals surface area contributed by atoms with Crippen molar-refractivity contribution in [3.05, 3.63) is 64.4 Å². The van der Waals surface area contributed by atoms with Gasteiger partial charge in [0.15, 0.2) is 0 Å². The molecule has 0 unspecified atom stereocenters. The number of benzene rings is 2. The van der Waals surface area contributed by atoms with Crippen LogP contribution in [0.5, 0.6) is 0 Å². The van der Waals surface area contributed by atoms with E-state index in [0.29, 0.717) is 39.7 Å². The van der Waals surface area contributed by atoms with Gasteiger partial charge in [-0.05, 0) is 36.8 Å². The molecular formula is C20H18Cl2N4O2. The molecule has 144 valence electrons. The monoisotopic (exact) mass is 416 g/mol. The number of aromatic nitrogens is 2. The minimum absolute atomic E-state index is 0.125. The summed E-state index contributed by atoms with van der Waals surface area (Å²) in [5.41, 5.74) is 1.97. The highest BCUT2D eigenvalue weighted by Crippen LogP contribution is 2.25. The fraction of sp³-hybridized carbons (Fsp3) is 0.200. The second-order valence-corrected chi connectivity index (χ2v) is 6.99. The summed E-state index contributed by atoms with van der Waals surface area (Å²) in [5.74, 6) is -0.711. The third kappa shape index (κ3) is 4.77. The second-order valence-electron chi connectivity index (χ2n) is 6.14. The predicted octanol–water partition coefficient (Wildman–Crippen LogP) is 4.43. The smallest absolute Gasteiger partial charge is 0.274 e. The summed E-state index contributed by atoms with van der Waals surface area (Å²) in [7, 11) is 0. The molecule has 0 aliphatic heterocycles. The van der Waals surface area contributed by atoms with Crippen molar-refractivity contribution in [3.63, 3.8) is 0 Å². The van der Waals surface area contributed by atoms with Gasteiger partial charge in [0.1, 0.15) is 12.2 Å². The number of hydrogen-bond acceptors (Lipinski definition) is 4. The molecule has 3 aromatic rings. The number of amides is 2. The molecule has 1 aromatic heterocycles. The molecule has 0 spiro atoms. The van der Waals surface area contributed by atoms with Crippen molar-refractivity contribution in [2.24, 2.45) is 0 Å². The van der Waals surface area contributed by atoms with Gasteiger partial charge in [-0.2, -0.15) is 0 Å². The van der Waals surface area contributed by atoms with E-state index in [0.717, 1.165) is 0 Å². The third-order valence-electron chi connectivity index (χ3n) is 3.99. The zero-order valence-corrected chi connectivity index (χ0v) is 16.7. The fourth-order valence-corrected chi connectivity index (χ4v) is 3.15. The van der Waals surface area contributed by atoms with Gasteiger partial charge in [0.05, 0.1) is 27.9 Å². The Balaban J connectivity index is 1.75. The Hall–Kier alpha value is -2.70. The molecule has 8 heteroatoms. The molecule has 0 atom stereocenters. The van der Waals surface area contributed by atoms with Crippen LogP contribution in [0.2, 0.25) is 10.0 Å². The Morgan fingerprint density at radius 3 is 2.57 bits per heavy atom. The SMILES string of the molecule is CCCN(CC(=O)Nc1ccc(Cl)cc1Cl)C(=O)c1cnc2ccccc2n1. The first-order valence-corrected chi connectivity index (χ1v) is 9.49. The van der Waals surface area contributed by atoms with Gasteiger partial charge in [0.25, 0.3) is 5.91 Å². The molecule has 0 fully saturated rings. The molecule has 2 amide bonds. The van der Waals surface area contributed by atoms with Gasteiger partial charge < -0.3 is 10.2 Å². The van der Waals surface area contributed by atoms with E-state index in [2.05, 4.69) is 15.3 Å². The molecule has 3 rings (SSSR count). The summed E-state index contributed by atoms with van der Waals surface area (Å²) < 4.78 is 0. The number of halogens is 2. The Morgan fingerprint density at radius 1 is 1.11 bits per heavy atom. The minimum atomic E-state index is -0.361. The lowest BCUT2D eigenvalue weighted by molar-refractivity contribution is -0.116. The number of anilines is 1. The van der Waals surface area contributed by atoms with Crippen LogP contribution in [0.15, 0.2) is 48.7 Å². The first-order valence-electron chi connectivity index (χ1n) is 8.74. The number of hydrogen-bond donors (Lipinski definition) is 1. The van der Waals surface area contributed by atoms with Crippen LogP contribution in [-0.4, -0.2) is 39.8 Å². The van der Waals surface area contributed by atoms with Crippen LogP contribution in [0.4, 0.5) is 5.69 Å². The molecule has 0 bridgehead atoms. The molecule has 0 saturated heterocycles. The molecule has 0 radical (unpaired) electrons. The molecule has 0 saturated carbocycles. The third-order valence-corrected chi connectivity index (χ3v) is 4.54. The van der Waals surface area contributed by atoms with Gasteiger partial charge in [0.2, 0.25) is 5.91 Å². The summed E-state index contributed by atoms with van der Waals surface area (Å²) in [6.45, 7) is 2.22. The van der Waals surface area contributed by atoms with Gasteiger partial charge >= 0.3 is 0 Å². The highest BCUT2D eigenvalue weighted by Gasteiger charge is 2.20. The fourth-order valence-electron chi connectivity index (χ4n) is 2.70. The molecular weight excluding hydrogens is 399 g/mol. The van der Waals surface area contributed by atoms with E-state index in [-0.39, 0.29) is 24.1 Å². The molecule has 1 heterocycles. The molecule has 28 heavy (non-hydrogen) atoms. The Kier molecular flexibility index (Phi) is 6.44. The van der Waals surface area contributed by atoms with Gasteiger partial charge in [-0.1, -0.05) is 42.3 Å². The van der Waals surface area contributed by atoms with Gasteiger partial charge in [-0.15, -0.1) is 0 Å².